The van der Waals surface area contributed by atoms with Crippen LogP contribution in [0.25, 0.3) is 10.9 Å². The van der Waals surface area contributed by atoms with E-state index in [1.165, 1.54) is 18.2 Å². The van der Waals surface area contributed by atoms with Gasteiger partial charge in [-0.15, -0.1) is 0 Å². The summed E-state index contributed by atoms with van der Waals surface area (Å²) in [6, 6.07) is 9.74. The highest BCUT2D eigenvalue weighted by Gasteiger charge is 2.32. The SMILES string of the molecule is O=[N+]([O-])c1cccc2ccc(S(=O)(=O)c3cccc(C(F)(F)F)c3)nc12. The molecule has 3 rings (SSSR count). The first kappa shape index (κ1) is 17.8. The third-order valence-corrected chi connectivity index (χ3v) is 5.27. The molecule has 0 amide bonds. The second kappa shape index (κ2) is 6.06. The first-order valence-electron chi connectivity index (χ1n) is 7.07. The van der Waals surface area contributed by atoms with Gasteiger partial charge in [-0.1, -0.05) is 18.2 Å². The number of hydrogen-bond donors (Lipinski definition) is 0. The highest BCUT2D eigenvalue weighted by molar-refractivity contribution is 7.91. The summed E-state index contributed by atoms with van der Waals surface area (Å²) < 4.78 is 63.7. The van der Waals surface area contributed by atoms with Gasteiger partial charge in [0.25, 0.3) is 5.69 Å². The first-order chi connectivity index (χ1) is 12.1. The van der Waals surface area contributed by atoms with Crippen LogP contribution in [-0.2, 0) is 16.0 Å². The van der Waals surface area contributed by atoms with E-state index in [0.29, 0.717) is 11.5 Å². The largest absolute Gasteiger partial charge is 0.416 e. The van der Waals surface area contributed by atoms with Crippen molar-refractivity contribution in [3.8, 4) is 0 Å². The molecule has 0 saturated heterocycles. The molecule has 0 aliphatic rings. The highest BCUT2D eigenvalue weighted by Crippen LogP contribution is 2.32. The van der Waals surface area contributed by atoms with Crippen molar-refractivity contribution >= 4 is 26.4 Å². The number of aromatic nitrogens is 1. The lowest BCUT2D eigenvalue weighted by atomic mass is 10.2. The third-order valence-electron chi connectivity index (χ3n) is 3.62. The quantitative estimate of drug-likeness (QED) is 0.505. The molecule has 6 nitrogen and oxygen atoms in total. The Balaban J connectivity index is 2.19. The Hall–Kier alpha value is -3.01. The molecule has 0 spiro atoms. The lowest BCUT2D eigenvalue weighted by molar-refractivity contribution is -0.383. The molecule has 0 N–H and O–H groups in total. The zero-order chi connectivity index (χ0) is 19.1. The van der Waals surface area contributed by atoms with E-state index >= 15 is 0 Å². The number of nitro benzene ring substituents is 1. The second-order valence-electron chi connectivity index (χ2n) is 5.28. The number of nitro groups is 1. The number of alkyl halides is 3. The molecule has 10 heteroatoms. The van der Waals surface area contributed by atoms with Gasteiger partial charge in [0.15, 0.2) is 5.03 Å². The summed E-state index contributed by atoms with van der Waals surface area (Å²) in [7, 11) is -4.39. The summed E-state index contributed by atoms with van der Waals surface area (Å²) in [5.41, 5.74) is -1.68. The van der Waals surface area contributed by atoms with Gasteiger partial charge in [-0.05, 0) is 30.3 Å². The molecular formula is C16H9F3N2O4S. The molecule has 0 atom stereocenters. The third kappa shape index (κ3) is 3.10. The molecule has 3 aromatic rings. The lowest BCUT2D eigenvalue weighted by Gasteiger charge is -2.09. The normalized spacial score (nSPS) is 12.3. The van der Waals surface area contributed by atoms with Crippen molar-refractivity contribution in [1.29, 1.82) is 0 Å². The van der Waals surface area contributed by atoms with Gasteiger partial charge in [-0.2, -0.15) is 13.2 Å². The van der Waals surface area contributed by atoms with Crippen LogP contribution in [0.15, 0.2) is 64.5 Å². The number of halogens is 3. The number of benzene rings is 2. The van der Waals surface area contributed by atoms with Crippen LogP contribution in [0.2, 0.25) is 0 Å². The van der Waals surface area contributed by atoms with E-state index in [0.717, 1.165) is 30.3 Å². The van der Waals surface area contributed by atoms with Crippen LogP contribution in [0, 0.1) is 10.1 Å². The van der Waals surface area contributed by atoms with E-state index in [1.807, 2.05) is 0 Å². The molecule has 0 saturated carbocycles. The zero-order valence-electron chi connectivity index (χ0n) is 12.8. The van der Waals surface area contributed by atoms with Crippen molar-refractivity contribution in [2.75, 3.05) is 0 Å². The molecule has 0 unspecified atom stereocenters. The van der Waals surface area contributed by atoms with E-state index in [-0.39, 0.29) is 5.52 Å². The summed E-state index contributed by atoms with van der Waals surface area (Å²) in [6.07, 6.45) is -4.71. The minimum Gasteiger partial charge on any atom is -0.258 e. The van der Waals surface area contributed by atoms with E-state index in [4.69, 9.17) is 0 Å². The van der Waals surface area contributed by atoms with Gasteiger partial charge in [0.2, 0.25) is 9.84 Å². The maximum Gasteiger partial charge on any atom is 0.416 e. The van der Waals surface area contributed by atoms with E-state index < -0.39 is 42.1 Å². The molecule has 0 fully saturated rings. The van der Waals surface area contributed by atoms with Gasteiger partial charge >= 0.3 is 6.18 Å². The first-order valence-corrected chi connectivity index (χ1v) is 8.55. The predicted molar refractivity (Wildman–Crippen MR) is 85.3 cm³/mol. The number of nitrogens with zero attached hydrogens (tertiary/aromatic N) is 2. The standard InChI is InChI=1S/C16H9F3N2O4S/c17-16(18,19)11-4-2-5-12(9-11)26(24,25)14-8-7-10-3-1-6-13(21(22)23)15(10)20-14/h1-9H. The van der Waals surface area contributed by atoms with Crippen LogP contribution in [-0.4, -0.2) is 18.3 Å². The van der Waals surface area contributed by atoms with Crippen LogP contribution in [0.3, 0.4) is 0 Å². The van der Waals surface area contributed by atoms with Gasteiger partial charge in [0.1, 0.15) is 5.52 Å². The Labute approximate surface area is 145 Å². The molecule has 0 radical (unpaired) electrons. The summed E-state index contributed by atoms with van der Waals surface area (Å²) >= 11 is 0. The number of sulfone groups is 1. The van der Waals surface area contributed by atoms with Crippen LogP contribution < -0.4 is 0 Å². The van der Waals surface area contributed by atoms with Gasteiger partial charge in [-0.25, -0.2) is 13.4 Å². The predicted octanol–water partition coefficient (Wildman–Crippen LogP) is 3.99. The van der Waals surface area contributed by atoms with Crippen molar-refractivity contribution in [2.24, 2.45) is 0 Å². The maximum absolute atomic E-state index is 12.8. The summed E-state index contributed by atoms with van der Waals surface area (Å²) in [6.45, 7) is 0. The number of para-hydroxylation sites is 1. The topological polar surface area (TPSA) is 90.2 Å². The average molecular weight is 382 g/mol. The number of pyridine rings is 1. The molecule has 1 aromatic heterocycles. The average Bonchev–Trinajstić information content (AvgIpc) is 2.60. The van der Waals surface area contributed by atoms with E-state index in [2.05, 4.69) is 4.98 Å². The molecule has 0 bridgehead atoms. The molecule has 26 heavy (non-hydrogen) atoms. The molecule has 0 aliphatic carbocycles. The van der Waals surface area contributed by atoms with Crippen LogP contribution in [0.5, 0.6) is 0 Å². The number of rotatable bonds is 3. The molecule has 134 valence electrons. The maximum atomic E-state index is 12.8. The van der Waals surface area contributed by atoms with E-state index in [9.17, 15) is 31.7 Å². The summed E-state index contributed by atoms with van der Waals surface area (Å²) in [5.74, 6) is 0. The van der Waals surface area contributed by atoms with Crippen molar-refractivity contribution in [2.45, 2.75) is 16.1 Å². The number of hydrogen-bond acceptors (Lipinski definition) is 5. The fraction of sp³-hybridized carbons (Fsp3) is 0.0625. The van der Waals surface area contributed by atoms with Gasteiger partial charge < -0.3 is 0 Å². The molecule has 0 aliphatic heterocycles. The summed E-state index contributed by atoms with van der Waals surface area (Å²) in [4.78, 5) is 13.6. The van der Waals surface area contributed by atoms with Crippen molar-refractivity contribution in [3.63, 3.8) is 0 Å². The Morgan fingerprint density at radius 2 is 1.69 bits per heavy atom. The number of non-ortho nitro benzene ring substituents is 1. The number of fused-ring (bicyclic) bond motifs is 1. The Morgan fingerprint density at radius 3 is 2.35 bits per heavy atom. The van der Waals surface area contributed by atoms with Gasteiger partial charge in [0.05, 0.1) is 15.4 Å². The molecule has 1 heterocycles. The lowest BCUT2D eigenvalue weighted by Crippen LogP contribution is -2.09. The Morgan fingerprint density at radius 1 is 1.00 bits per heavy atom. The van der Waals surface area contributed by atoms with E-state index in [1.54, 1.807) is 0 Å². The fourth-order valence-corrected chi connectivity index (χ4v) is 3.61. The van der Waals surface area contributed by atoms with Gasteiger partial charge in [-0.3, -0.25) is 10.1 Å². The smallest absolute Gasteiger partial charge is 0.258 e. The molecule has 2 aromatic carbocycles. The fourth-order valence-electron chi connectivity index (χ4n) is 2.37. The van der Waals surface area contributed by atoms with Crippen LogP contribution >= 0.6 is 0 Å². The van der Waals surface area contributed by atoms with Crippen LogP contribution in [0.4, 0.5) is 18.9 Å². The van der Waals surface area contributed by atoms with Crippen LogP contribution in [0.1, 0.15) is 5.56 Å². The van der Waals surface area contributed by atoms with Crippen molar-refractivity contribution in [3.05, 3.63) is 70.3 Å². The van der Waals surface area contributed by atoms with Crippen molar-refractivity contribution in [1.82, 2.24) is 4.98 Å². The van der Waals surface area contributed by atoms with Gasteiger partial charge in [0, 0.05) is 11.5 Å². The minimum absolute atomic E-state index is 0.162. The van der Waals surface area contributed by atoms with Crippen molar-refractivity contribution < 1.29 is 26.5 Å². The highest BCUT2D eigenvalue weighted by atomic mass is 32.2. The minimum atomic E-state index is -4.71. The monoisotopic (exact) mass is 382 g/mol. The zero-order valence-corrected chi connectivity index (χ0v) is 13.6. The summed E-state index contributed by atoms with van der Waals surface area (Å²) in [5, 5.41) is 10.9. The Bertz CT molecular complexity index is 1130. The molecular weight excluding hydrogens is 373 g/mol. The second-order valence-corrected chi connectivity index (χ2v) is 7.18. The Kier molecular flexibility index (Phi) is 4.15.